The molecule has 2 fully saturated rings. The number of amidine groups is 1. The molecule has 9 heteroatoms. The van der Waals surface area contributed by atoms with E-state index in [1.54, 1.807) is 13.0 Å². The lowest BCUT2D eigenvalue weighted by atomic mass is 10.3. The molecule has 21 heavy (non-hydrogen) atoms. The average Bonchev–Trinajstić information content (AvgIpc) is 2.83. The number of aliphatic hydroxyl groups excluding tert-OH is 1. The largest absolute Gasteiger partial charge is 0.364 e. The number of hydrogen-bond acceptors (Lipinski definition) is 6. The number of nitrogens with zero attached hydrogens (tertiary/aromatic N) is 4. The van der Waals surface area contributed by atoms with Crippen LogP contribution in [-0.2, 0) is 9.59 Å². The highest BCUT2D eigenvalue weighted by atomic mass is 32.2. The van der Waals surface area contributed by atoms with E-state index in [1.807, 2.05) is 6.92 Å². The lowest BCUT2D eigenvalue weighted by Crippen LogP contribution is -2.40. The van der Waals surface area contributed by atoms with E-state index < -0.39 is 12.1 Å². The molecule has 2 rings (SSSR count). The summed E-state index contributed by atoms with van der Waals surface area (Å²) in [6, 6.07) is -0.240. The summed E-state index contributed by atoms with van der Waals surface area (Å²) in [5.74, 6) is -0.638. The van der Waals surface area contributed by atoms with E-state index in [4.69, 9.17) is 12.2 Å². The number of carbonyl (C=O) groups excluding carboxylic acids is 2. The number of thioether (sulfide) groups is 1. The first-order valence-corrected chi connectivity index (χ1v) is 7.58. The number of hydrogen-bond donors (Lipinski definition) is 1. The molecule has 0 bridgehead atoms. The van der Waals surface area contributed by atoms with E-state index in [-0.39, 0.29) is 22.3 Å². The van der Waals surface area contributed by atoms with Crippen LogP contribution in [0.4, 0.5) is 0 Å². The van der Waals surface area contributed by atoms with Gasteiger partial charge in [-0.25, -0.2) is 0 Å². The highest BCUT2D eigenvalue weighted by Crippen LogP contribution is 2.30. The normalized spacial score (nSPS) is 29.8. The number of likely N-dealkylation sites (N-methyl/N-ethyl adjacent to an activating group) is 1. The Morgan fingerprint density at radius 1 is 1.48 bits per heavy atom. The van der Waals surface area contributed by atoms with Gasteiger partial charge in [0.25, 0.3) is 5.91 Å². The van der Waals surface area contributed by atoms with Crippen LogP contribution in [0.5, 0.6) is 0 Å². The van der Waals surface area contributed by atoms with E-state index in [0.717, 1.165) is 9.91 Å². The zero-order chi connectivity index (χ0) is 15.9. The fraction of sp³-hybridized carbons (Fsp3) is 0.500. The van der Waals surface area contributed by atoms with E-state index in [9.17, 15) is 14.7 Å². The third kappa shape index (κ3) is 2.56. The predicted molar refractivity (Wildman–Crippen MR) is 84.2 cm³/mol. The van der Waals surface area contributed by atoms with Gasteiger partial charge >= 0.3 is 0 Å². The Bertz CT molecular complexity index is 551. The van der Waals surface area contributed by atoms with Gasteiger partial charge in [0.2, 0.25) is 17.2 Å². The van der Waals surface area contributed by atoms with Crippen LogP contribution in [-0.4, -0.2) is 66.6 Å². The third-order valence-corrected chi connectivity index (χ3v) is 4.79. The Labute approximate surface area is 132 Å². The average molecular weight is 328 g/mol. The molecule has 2 aliphatic heterocycles. The van der Waals surface area contributed by atoms with Gasteiger partial charge in [-0.05, 0) is 26.1 Å². The van der Waals surface area contributed by atoms with Crippen molar-refractivity contribution in [3.8, 4) is 0 Å². The van der Waals surface area contributed by atoms with Gasteiger partial charge in [-0.1, -0.05) is 17.8 Å². The van der Waals surface area contributed by atoms with Crippen molar-refractivity contribution in [2.75, 3.05) is 7.05 Å². The molecule has 0 aromatic carbocycles. The van der Waals surface area contributed by atoms with Gasteiger partial charge in [-0.15, -0.1) is 11.7 Å². The Hall–Kier alpha value is -1.45. The summed E-state index contributed by atoms with van der Waals surface area (Å²) < 4.78 is 0. The first-order chi connectivity index (χ1) is 9.79. The van der Waals surface area contributed by atoms with Crippen LogP contribution in [0.3, 0.4) is 0 Å². The van der Waals surface area contributed by atoms with Crippen molar-refractivity contribution in [1.82, 2.24) is 14.8 Å². The minimum Gasteiger partial charge on any atom is -0.364 e. The molecular formula is C12H16N4O3S2. The second-order valence-corrected chi connectivity index (χ2v) is 6.40. The molecule has 1 N–H and O–H groups in total. The van der Waals surface area contributed by atoms with Crippen LogP contribution in [0.15, 0.2) is 17.8 Å². The maximum Gasteiger partial charge on any atom is 0.280 e. The Morgan fingerprint density at radius 3 is 2.57 bits per heavy atom. The summed E-state index contributed by atoms with van der Waals surface area (Å²) >= 11 is 6.33. The zero-order valence-corrected chi connectivity index (χ0v) is 13.5. The van der Waals surface area contributed by atoms with Gasteiger partial charge in [0.05, 0.1) is 11.3 Å². The van der Waals surface area contributed by atoms with E-state index in [0.29, 0.717) is 5.17 Å². The van der Waals surface area contributed by atoms with E-state index in [1.165, 1.54) is 23.7 Å². The molecule has 2 aliphatic rings. The van der Waals surface area contributed by atoms with E-state index >= 15 is 0 Å². The van der Waals surface area contributed by atoms with Crippen LogP contribution < -0.4 is 0 Å². The van der Waals surface area contributed by atoms with Crippen molar-refractivity contribution in [3.63, 3.8) is 0 Å². The SMILES string of the molecule is C=CC(C)N1C(=O)C(C)SC1=NN1C(=S)N(C)C(=O)C1O. The summed E-state index contributed by atoms with van der Waals surface area (Å²) in [4.78, 5) is 26.5. The maximum atomic E-state index is 12.2. The minimum atomic E-state index is -1.46. The van der Waals surface area contributed by atoms with Crippen molar-refractivity contribution in [2.45, 2.75) is 31.4 Å². The molecule has 0 aromatic heterocycles. The topological polar surface area (TPSA) is 76.5 Å². The standard InChI is InChI=1S/C12H16N4O3S2/c1-5-6(2)15-8(17)7(3)21-11(15)13-16-10(19)9(18)14(4)12(16)20/h5-7,10,19H,1H2,2-4H3. The first kappa shape index (κ1) is 15.9. The minimum absolute atomic E-state index is 0.0922. The van der Waals surface area contributed by atoms with Crippen molar-refractivity contribution in [1.29, 1.82) is 0 Å². The van der Waals surface area contributed by atoms with Crippen LogP contribution in [0.2, 0.25) is 0 Å². The molecular weight excluding hydrogens is 312 g/mol. The van der Waals surface area contributed by atoms with Crippen molar-refractivity contribution < 1.29 is 14.7 Å². The molecule has 3 atom stereocenters. The summed E-state index contributed by atoms with van der Waals surface area (Å²) in [6.45, 7) is 7.26. The second-order valence-electron chi connectivity index (χ2n) is 4.73. The molecule has 0 spiro atoms. The molecule has 3 unspecified atom stereocenters. The summed E-state index contributed by atoms with van der Waals surface area (Å²) in [6.07, 6.45) is 0.171. The fourth-order valence-corrected chi connectivity index (χ4v) is 3.19. The first-order valence-electron chi connectivity index (χ1n) is 6.29. The monoisotopic (exact) mass is 328 g/mol. The lowest BCUT2D eigenvalue weighted by molar-refractivity contribution is -0.136. The lowest BCUT2D eigenvalue weighted by Gasteiger charge is -2.23. The van der Waals surface area contributed by atoms with Crippen molar-refractivity contribution in [2.24, 2.45) is 5.10 Å². The van der Waals surface area contributed by atoms with Crippen LogP contribution in [0.1, 0.15) is 13.8 Å². The smallest absolute Gasteiger partial charge is 0.280 e. The van der Waals surface area contributed by atoms with Crippen molar-refractivity contribution >= 4 is 46.1 Å². The Morgan fingerprint density at radius 2 is 2.10 bits per heavy atom. The second kappa shape index (κ2) is 5.74. The molecule has 114 valence electrons. The van der Waals surface area contributed by atoms with Gasteiger partial charge < -0.3 is 5.11 Å². The van der Waals surface area contributed by atoms with Gasteiger partial charge in [-0.2, -0.15) is 5.01 Å². The van der Waals surface area contributed by atoms with Crippen LogP contribution >= 0.6 is 24.0 Å². The van der Waals surface area contributed by atoms with Gasteiger partial charge in [0.15, 0.2) is 5.17 Å². The van der Waals surface area contributed by atoms with Crippen LogP contribution in [0, 0.1) is 0 Å². The number of aliphatic hydroxyl groups is 1. The third-order valence-electron chi connectivity index (χ3n) is 3.28. The molecule has 2 amide bonds. The predicted octanol–water partition coefficient (Wildman–Crippen LogP) is 0.173. The fourth-order valence-electron chi connectivity index (χ4n) is 1.93. The summed E-state index contributed by atoms with van der Waals surface area (Å²) in [5, 5.41) is 15.3. The maximum absolute atomic E-state index is 12.2. The number of hydrazone groups is 1. The molecule has 0 aliphatic carbocycles. The van der Waals surface area contributed by atoms with Crippen LogP contribution in [0.25, 0.3) is 0 Å². The summed E-state index contributed by atoms with van der Waals surface area (Å²) in [5.41, 5.74) is 0. The summed E-state index contributed by atoms with van der Waals surface area (Å²) in [7, 11) is 1.47. The molecule has 2 saturated heterocycles. The van der Waals surface area contributed by atoms with Gasteiger partial charge in [-0.3, -0.25) is 19.4 Å². The van der Waals surface area contributed by atoms with E-state index in [2.05, 4.69) is 11.7 Å². The zero-order valence-electron chi connectivity index (χ0n) is 11.9. The molecule has 0 radical (unpaired) electrons. The van der Waals surface area contributed by atoms with Crippen molar-refractivity contribution in [3.05, 3.63) is 12.7 Å². The number of carbonyl (C=O) groups is 2. The molecule has 0 saturated carbocycles. The number of rotatable bonds is 3. The Balaban J connectivity index is 2.35. The van der Waals surface area contributed by atoms with Gasteiger partial charge in [0.1, 0.15) is 0 Å². The number of amides is 2. The molecule has 7 nitrogen and oxygen atoms in total. The molecule has 2 heterocycles. The highest BCUT2D eigenvalue weighted by Gasteiger charge is 2.43. The highest BCUT2D eigenvalue weighted by molar-refractivity contribution is 8.15. The quantitative estimate of drug-likeness (QED) is 0.588. The molecule has 0 aromatic rings. The van der Waals surface area contributed by atoms with Gasteiger partial charge in [0, 0.05) is 7.05 Å². The Kier molecular flexibility index (Phi) is 4.35. The number of thiocarbonyl (C=S) groups is 1.